The highest BCUT2D eigenvalue weighted by atomic mass is 35.6. The summed E-state index contributed by atoms with van der Waals surface area (Å²) in [5.74, 6) is 0. The van der Waals surface area contributed by atoms with Gasteiger partial charge in [0.25, 0.3) is 0 Å². The lowest BCUT2D eigenvalue weighted by atomic mass is 10.0. The molecule has 0 aliphatic rings. The quantitative estimate of drug-likeness (QED) is 0.365. The third-order valence-electron chi connectivity index (χ3n) is 2.22. The number of rotatable bonds is 5. The van der Waals surface area contributed by atoms with Gasteiger partial charge in [0.2, 0.25) is 0 Å². The molecule has 0 bridgehead atoms. The molecule has 0 unspecified atom stereocenters. The summed E-state index contributed by atoms with van der Waals surface area (Å²) in [6.45, 7) is 10.6. The van der Waals surface area contributed by atoms with Gasteiger partial charge in [-0.05, 0) is 24.8 Å². The Morgan fingerprint density at radius 1 is 1.17 bits per heavy atom. The van der Waals surface area contributed by atoms with E-state index in [4.69, 9.17) is 11.1 Å². The minimum Gasteiger partial charge on any atom is -0.170 e. The minimum absolute atomic E-state index is 0.562. The first-order chi connectivity index (χ1) is 5.71. The van der Waals surface area contributed by atoms with Gasteiger partial charge < -0.3 is 0 Å². The molecule has 0 fully saturated rings. The third kappa shape index (κ3) is 3.16. The summed E-state index contributed by atoms with van der Waals surface area (Å²) in [5.41, 5.74) is 2.98. The Hall–Kier alpha value is -0.0131. The molecule has 0 N–H and O–H groups in total. The summed E-state index contributed by atoms with van der Waals surface area (Å²) in [6, 6.07) is 0. The molecule has 0 spiro atoms. The van der Waals surface area contributed by atoms with Crippen LogP contribution in [-0.2, 0) is 0 Å². The molecule has 0 amide bonds. The minimum atomic E-state index is -0.562. The highest BCUT2D eigenvalue weighted by Gasteiger charge is 2.04. The normalized spacial score (nSPS) is 10.7. The molecule has 0 aromatic heterocycles. The van der Waals surface area contributed by atoms with E-state index in [2.05, 4.69) is 27.4 Å². The topological polar surface area (TPSA) is 0 Å². The molecule has 0 aliphatic heterocycles. The average molecular weight is 203 g/mol. The van der Waals surface area contributed by atoms with E-state index in [1.807, 2.05) is 0 Å². The standard InChI is InChI=1S/C10H19ClSi/c1-5-9(6-2)10(7-3)8(4)12-11/h4-7,12H2,1-3H3. The molecule has 0 aliphatic carbocycles. The summed E-state index contributed by atoms with van der Waals surface area (Å²) >= 11 is 5.89. The van der Waals surface area contributed by atoms with Crippen molar-refractivity contribution in [3.05, 3.63) is 22.9 Å². The van der Waals surface area contributed by atoms with E-state index in [0.29, 0.717) is 0 Å². The predicted octanol–water partition coefficient (Wildman–Crippen LogP) is 3.35. The van der Waals surface area contributed by atoms with Crippen LogP contribution in [-0.4, -0.2) is 8.83 Å². The Kier molecular flexibility index (Phi) is 6.49. The molecule has 12 heavy (non-hydrogen) atoms. The lowest BCUT2D eigenvalue weighted by molar-refractivity contribution is 0.926. The van der Waals surface area contributed by atoms with Crippen molar-refractivity contribution < 1.29 is 0 Å². The Morgan fingerprint density at radius 2 is 1.67 bits per heavy atom. The fraction of sp³-hybridized carbons (Fsp3) is 0.600. The summed E-state index contributed by atoms with van der Waals surface area (Å²) in [6.07, 6.45) is 3.38. The monoisotopic (exact) mass is 202 g/mol. The third-order valence-corrected chi connectivity index (χ3v) is 3.94. The van der Waals surface area contributed by atoms with E-state index in [1.165, 1.54) is 16.3 Å². The Bertz CT molecular complexity index is 176. The lowest BCUT2D eigenvalue weighted by Gasteiger charge is -2.11. The first-order valence-electron chi connectivity index (χ1n) is 4.66. The van der Waals surface area contributed by atoms with E-state index in [0.717, 1.165) is 19.3 Å². The Balaban J connectivity index is 4.68. The van der Waals surface area contributed by atoms with Crippen LogP contribution in [0.5, 0.6) is 0 Å². The van der Waals surface area contributed by atoms with Crippen LogP contribution in [0.15, 0.2) is 22.9 Å². The molecule has 0 saturated heterocycles. The molecule has 0 heterocycles. The second-order valence-electron chi connectivity index (χ2n) is 2.88. The van der Waals surface area contributed by atoms with E-state index in [9.17, 15) is 0 Å². The van der Waals surface area contributed by atoms with Crippen molar-refractivity contribution >= 4 is 19.9 Å². The van der Waals surface area contributed by atoms with E-state index >= 15 is 0 Å². The van der Waals surface area contributed by atoms with Gasteiger partial charge in [-0.2, -0.15) is 11.1 Å². The van der Waals surface area contributed by atoms with Crippen LogP contribution in [0.25, 0.3) is 0 Å². The summed E-state index contributed by atoms with van der Waals surface area (Å²) in [7, 11) is -0.562. The van der Waals surface area contributed by atoms with E-state index in [-0.39, 0.29) is 0 Å². The number of hydrogen-bond donors (Lipinski definition) is 0. The molecular formula is C10H19ClSi. The van der Waals surface area contributed by atoms with Crippen LogP contribution in [0, 0.1) is 0 Å². The smallest absolute Gasteiger partial charge is 0.155 e. The lowest BCUT2D eigenvalue weighted by Crippen LogP contribution is -1.96. The van der Waals surface area contributed by atoms with Crippen LogP contribution < -0.4 is 0 Å². The SMILES string of the molecule is C=C([SiH2]Cl)C(CC)=C(CC)CC. The van der Waals surface area contributed by atoms with Crippen molar-refractivity contribution in [3.63, 3.8) is 0 Å². The van der Waals surface area contributed by atoms with Gasteiger partial charge in [-0.1, -0.05) is 38.1 Å². The van der Waals surface area contributed by atoms with Crippen LogP contribution >= 0.6 is 11.1 Å². The Morgan fingerprint density at radius 3 is 1.92 bits per heavy atom. The zero-order chi connectivity index (χ0) is 9.56. The molecular weight excluding hydrogens is 184 g/mol. The molecule has 0 saturated carbocycles. The number of allylic oxidation sites excluding steroid dienone is 3. The average Bonchev–Trinajstić information content (AvgIpc) is 2.12. The maximum absolute atomic E-state index is 5.89. The predicted molar refractivity (Wildman–Crippen MR) is 61.4 cm³/mol. The van der Waals surface area contributed by atoms with Crippen molar-refractivity contribution in [1.82, 2.24) is 0 Å². The van der Waals surface area contributed by atoms with Gasteiger partial charge in [-0.15, -0.1) is 0 Å². The zero-order valence-electron chi connectivity index (χ0n) is 8.41. The van der Waals surface area contributed by atoms with Gasteiger partial charge >= 0.3 is 0 Å². The molecule has 0 radical (unpaired) electrons. The maximum Gasteiger partial charge on any atom is 0.155 e. The van der Waals surface area contributed by atoms with E-state index < -0.39 is 8.83 Å². The second kappa shape index (κ2) is 6.50. The second-order valence-corrected chi connectivity index (χ2v) is 4.80. The zero-order valence-corrected chi connectivity index (χ0v) is 10.6. The highest BCUT2D eigenvalue weighted by molar-refractivity contribution is 6.98. The summed E-state index contributed by atoms with van der Waals surface area (Å²) in [4.78, 5) is 0. The van der Waals surface area contributed by atoms with Gasteiger partial charge in [0, 0.05) is 0 Å². The molecule has 0 atom stereocenters. The fourth-order valence-electron chi connectivity index (χ4n) is 1.51. The summed E-state index contributed by atoms with van der Waals surface area (Å²) in [5, 5.41) is 1.23. The van der Waals surface area contributed by atoms with Crippen molar-refractivity contribution in [1.29, 1.82) is 0 Å². The van der Waals surface area contributed by atoms with Crippen molar-refractivity contribution in [2.45, 2.75) is 40.0 Å². The fourth-order valence-corrected chi connectivity index (χ4v) is 2.65. The van der Waals surface area contributed by atoms with Crippen LogP contribution in [0.2, 0.25) is 0 Å². The van der Waals surface area contributed by atoms with Gasteiger partial charge in [0.15, 0.2) is 8.83 Å². The molecule has 70 valence electrons. The number of hydrogen-bond acceptors (Lipinski definition) is 0. The summed E-state index contributed by atoms with van der Waals surface area (Å²) < 4.78 is 0. The van der Waals surface area contributed by atoms with Crippen LogP contribution in [0.1, 0.15) is 40.0 Å². The van der Waals surface area contributed by atoms with Crippen LogP contribution in [0.4, 0.5) is 0 Å². The molecule has 0 rings (SSSR count). The van der Waals surface area contributed by atoms with Gasteiger partial charge in [0.1, 0.15) is 0 Å². The van der Waals surface area contributed by atoms with Gasteiger partial charge in [-0.3, -0.25) is 0 Å². The Labute approximate surface area is 83.2 Å². The maximum atomic E-state index is 5.89. The molecule has 0 aromatic carbocycles. The number of halogens is 1. The van der Waals surface area contributed by atoms with Gasteiger partial charge in [0.05, 0.1) is 0 Å². The molecule has 0 nitrogen and oxygen atoms in total. The van der Waals surface area contributed by atoms with E-state index in [1.54, 1.807) is 0 Å². The first kappa shape index (κ1) is 12.0. The largest absolute Gasteiger partial charge is 0.170 e. The van der Waals surface area contributed by atoms with Crippen molar-refractivity contribution in [2.24, 2.45) is 0 Å². The highest BCUT2D eigenvalue weighted by Crippen LogP contribution is 2.21. The van der Waals surface area contributed by atoms with Gasteiger partial charge in [-0.25, -0.2) is 0 Å². The van der Waals surface area contributed by atoms with Crippen LogP contribution in [0.3, 0.4) is 0 Å². The molecule has 0 aromatic rings. The van der Waals surface area contributed by atoms with Crippen molar-refractivity contribution in [2.75, 3.05) is 0 Å². The first-order valence-corrected chi connectivity index (χ1v) is 7.50. The van der Waals surface area contributed by atoms with Crippen molar-refractivity contribution in [3.8, 4) is 0 Å². The molecule has 2 heteroatoms.